The summed E-state index contributed by atoms with van der Waals surface area (Å²) in [5.74, 6) is -0.311. The maximum absolute atomic E-state index is 12.3. The molecule has 0 spiro atoms. The molecule has 2 unspecified atom stereocenters. The van der Waals surface area contributed by atoms with Crippen LogP contribution in [-0.4, -0.2) is 36.7 Å². The van der Waals surface area contributed by atoms with E-state index in [1.165, 1.54) is 0 Å². The molecule has 1 aromatic rings. The molecule has 1 aliphatic heterocycles. The van der Waals surface area contributed by atoms with Gasteiger partial charge in [0, 0.05) is 16.7 Å². The zero-order valence-electron chi connectivity index (χ0n) is 11.2. The Morgan fingerprint density at radius 2 is 2.40 bits per heavy atom. The number of amides is 1. The van der Waals surface area contributed by atoms with Crippen molar-refractivity contribution in [3.8, 4) is 0 Å². The van der Waals surface area contributed by atoms with Crippen LogP contribution in [0, 0.1) is 5.92 Å². The van der Waals surface area contributed by atoms with E-state index in [0.717, 1.165) is 17.4 Å². The van der Waals surface area contributed by atoms with Gasteiger partial charge in [-0.25, -0.2) is 4.98 Å². The fourth-order valence-electron chi connectivity index (χ4n) is 2.08. The number of hydrogen-bond donors (Lipinski definition) is 2. The number of pyridine rings is 1. The third kappa shape index (κ3) is 3.91. The van der Waals surface area contributed by atoms with E-state index in [0.29, 0.717) is 18.9 Å². The highest BCUT2D eigenvalue weighted by atomic mass is 79.9. The quantitative estimate of drug-likeness (QED) is 0.790. The number of carbonyl (C=O) groups is 1. The second-order valence-electron chi connectivity index (χ2n) is 4.69. The SMILES string of the molecule is CCCNC1COCC1C(=O)Nc1cc(Br)cnc1Cl. The van der Waals surface area contributed by atoms with Crippen LogP contribution in [0.25, 0.3) is 0 Å². The molecule has 5 nitrogen and oxygen atoms in total. The van der Waals surface area contributed by atoms with Gasteiger partial charge in [-0.1, -0.05) is 18.5 Å². The van der Waals surface area contributed by atoms with E-state index in [2.05, 4.69) is 38.5 Å². The van der Waals surface area contributed by atoms with Crippen molar-refractivity contribution in [1.82, 2.24) is 10.3 Å². The lowest BCUT2D eigenvalue weighted by Crippen LogP contribution is -2.41. The Bertz CT molecular complexity index is 487. The predicted molar refractivity (Wildman–Crippen MR) is 82.0 cm³/mol. The number of anilines is 1. The molecule has 110 valence electrons. The molecule has 2 rings (SSSR count). The standard InChI is InChI=1S/C13H17BrClN3O2/c1-2-3-16-11-7-20-6-9(11)13(19)18-10-4-8(14)5-17-12(10)15/h4-5,9,11,16H,2-3,6-7H2,1H3,(H,18,19). The first kappa shape index (κ1) is 15.7. The van der Waals surface area contributed by atoms with Gasteiger partial charge in [0.05, 0.1) is 24.8 Å². The maximum atomic E-state index is 12.3. The summed E-state index contributed by atoms with van der Waals surface area (Å²) >= 11 is 9.28. The van der Waals surface area contributed by atoms with Gasteiger partial charge < -0.3 is 15.4 Å². The highest BCUT2D eigenvalue weighted by molar-refractivity contribution is 9.10. The van der Waals surface area contributed by atoms with Crippen molar-refractivity contribution in [2.75, 3.05) is 25.1 Å². The van der Waals surface area contributed by atoms with Gasteiger partial charge >= 0.3 is 0 Å². The third-order valence-electron chi connectivity index (χ3n) is 3.14. The Hall–Kier alpha value is -0.690. The summed E-state index contributed by atoms with van der Waals surface area (Å²) in [7, 11) is 0. The number of nitrogens with zero attached hydrogens (tertiary/aromatic N) is 1. The Morgan fingerprint density at radius 1 is 1.60 bits per heavy atom. The average molecular weight is 363 g/mol. The zero-order valence-corrected chi connectivity index (χ0v) is 13.5. The van der Waals surface area contributed by atoms with Crippen molar-refractivity contribution < 1.29 is 9.53 Å². The van der Waals surface area contributed by atoms with Crippen molar-refractivity contribution in [2.45, 2.75) is 19.4 Å². The Balaban J connectivity index is 2.01. The van der Waals surface area contributed by atoms with Crippen LogP contribution in [0.5, 0.6) is 0 Å². The van der Waals surface area contributed by atoms with E-state index in [1.54, 1.807) is 12.3 Å². The number of carbonyl (C=O) groups excluding carboxylic acids is 1. The second kappa shape index (κ2) is 7.36. The molecule has 1 aromatic heterocycles. The van der Waals surface area contributed by atoms with Gasteiger partial charge in [0.1, 0.15) is 0 Å². The lowest BCUT2D eigenvalue weighted by Gasteiger charge is -2.18. The Morgan fingerprint density at radius 3 is 3.15 bits per heavy atom. The molecule has 1 amide bonds. The summed E-state index contributed by atoms with van der Waals surface area (Å²) < 4.78 is 6.16. The smallest absolute Gasteiger partial charge is 0.231 e. The molecule has 1 aliphatic rings. The van der Waals surface area contributed by atoms with Gasteiger partial charge in [0.15, 0.2) is 5.15 Å². The largest absolute Gasteiger partial charge is 0.379 e. The molecular weight excluding hydrogens is 346 g/mol. The van der Waals surface area contributed by atoms with Crippen LogP contribution in [0.3, 0.4) is 0 Å². The molecule has 7 heteroatoms. The van der Waals surface area contributed by atoms with E-state index < -0.39 is 0 Å². The van der Waals surface area contributed by atoms with E-state index in [1.807, 2.05) is 0 Å². The lowest BCUT2D eigenvalue weighted by molar-refractivity contribution is -0.120. The Kier molecular flexibility index (Phi) is 5.77. The van der Waals surface area contributed by atoms with Gasteiger partial charge in [-0.15, -0.1) is 0 Å². The molecule has 2 N–H and O–H groups in total. The topological polar surface area (TPSA) is 63.2 Å². The van der Waals surface area contributed by atoms with Crippen LogP contribution in [0.15, 0.2) is 16.7 Å². The summed E-state index contributed by atoms with van der Waals surface area (Å²) in [6, 6.07) is 1.78. The molecule has 0 aromatic carbocycles. The highest BCUT2D eigenvalue weighted by Gasteiger charge is 2.33. The van der Waals surface area contributed by atoms with Crippen molar-refractivity contribution in [2.24, 2.45) is 5.92 Å². The van der Waals surface area contributed by atoms with Crippen molar-refractivity contribution >= 4 is 39.1 Å². The van der Waals surface area contributed by atoms with Crippen molar-refractivity contribution in [1.29, 1.82) is 0 Å². The van der Waals surface area contributed by atoms with Crippen LogP contribution in [-0.2, 0) is 9.53 Å². The first-order chi connectivity index (χ1) is 9.61. The van der Waals surface area contributed by atoms with E-state index >= 15 is 0 Å². The second-order valence-corrected chi connectivity index (χ2v) is 5.96. The normalized spacial score (nSPS) is 21.9. The number of rotatable bonds is 5. The summed E-state index contributed by atoms with van der Waals surface area (Å²) in [6.45, 7) is 3.94. The van der Waals surface area contributed by atoms with Gasteiger partial charge in [-0.3, -0.25) is 4.79 Å². The summed E-state index contributed by atoms with van der Waals surface area (Å²) in [4.78, 5) is 16.3. The minimum Gasteiger partial charge on any atom is -0.379 e. The lowest BCUT2D eigenvalue weighted by atomic mass is 10.0. The van der Waals surface area contributed by atoms with Gasteiger partial charge in [-0.2, -0.15) is 0 Å². The van der Waals surface area contributed by atoms with Crippen molar-refractivity contribution in [3.05, 3.63) is 21.9 Å². The number of ether oxygens (including phenoxy) is 1. The van der Waals surface area contributed by atoms with Crippen LogP contribution in [0.1, 0.15) is 13.3 Å². The summed E-state index contributed by atoms with van der Waals surface area (Å²) in [6.07, 6.45) is 2.61. The average Bonchev–Trinajstić information content (AvgIpc) is 2.89. The van der Waals surface area contributed by atoms with Crippen LogP contribution >= 0.6 is 27.5 Å². The fourth-order valence-corrected chi connectivity index (χ4v) is 2.56. The van der Waals surface area contributed by atoms with E-state index in [9.17, 15) is 4.79 Å². The fraction of sp³-hybridized carbons (Fsp3) is 0.538. The first-order valence-electron chi connectivity index (χ1n) is 6.55. The van der Waals surface area contributed by atoms with Crippen LogP contribution in [0.4, 0.5) is 5.69 Å². The van der Waals surface area contributed by atoms with Crippen molar-refractivity contribution in [3.63, 3.8) is 0 Å². The summed E-state index contributed by atoms with van der Waals surface area (Å²) in [5.41, 5.74) is 0.507. The molecule has 2 heterocycles. The molecule has 0 aliphatic carbocycles. The number of aromatic nitrogens is 1. The maximum Gasteiger partial charge on any atom is 0.231 e. The number of nitrogens with one attached hydrogen (secondary N) is 2. The molecule has 2 atom stereocenters. The van der Waals surface area contributed by atoms with Gasteiger partial charge in [-0.05, 0) is 35.0 Å². The molecular formula is C13H17BrClN3O2. The minimum absolute atomic E-state index is 0.0498. The zero-order chi connectivity index (χ0) is 14.5. The molecule has 0 bridgehead atoms. The van der Waals surface area contributed by atoms with Crippen LogP contribution < -0.4 is 10.6 Å². The Labute approximate surface area is 131 Å². The van der Waals surface area contributed by atoms with Gasteiger partial charge in [0.2, 0.25) is 5.91 Å². The van der Waals surface area contributed by atoms with E-state index in [4.69, 9.17) is 16.3 Å². The molecule has 1 fully saturated rings. The third-order valence-corrected chi connectivity index (χ3v) is 3.87. The predicted octanol–water partition coefficient (Wildman–Crippen LogP) is 2.45. The molecule has 0 saturated carbocycles. The summed E-state index contributed by atoms with van der Waals surface area (Å²) in [5, 5.41) is 6.42. The van der Waals surface area contributed by atoms with Gasteiger partial charge in [0.25, 0.3) is 0 Å². The molecule has 20 heavy (non-hydrogen) atoms. The molecule has 1 saturated heterocycles. The minimum atomic E-state index is -0.211. The number of halogens is 2. The monoisotopic (exact) mass is 361 g/mol. The van der Waals surface area contributed by atoms with Crippen LogP contribution in [0.2, 0.25) is 5.15 Å². The number of hydrogen-bond acceptors (Lipinski definition) is 4. The first-order valence-corrected chi connectivity index (χ1v) is 7.72. The van der Waals surface area contributed by atoms with E-state index in [-0.39, 0.29) is 23.0 Å². The highest BCUT2D eigenvalue weighted by Crippen LogP contribution is 2.24. The molecule has 0 radical (unpaired) electrons.